The van der Waals surface area contributed by atoms with Crippen LogP contribution in [0.1, 0.15) is 46.9 Å². The molecule has 0 aromatic heterocycles. The summed E-state index contributed by atoms with van der Waals surface area (Å²) in [6, 6.07) is 12.3. The summed E-state index contributed by atoms with van der Waals surface area (Å²) < 4.78 is 12.9. The predicted molar refractivity (Wildman–Crippen MR) is 99.4 cm³/mol. The van der Waals surface area contributed by atoms with Crippen LogP contribution in [0, 0.1) is 5.82 Å². The topological polar surface area (TPSA) is 69.6 Å². The first-order valence-corrected chi connectivity index (χ1v) is 9.14. The summed E-state index contributed by atoms with van der Waals surface area (Å²) in [7, 11) is 0. The predicted octanol–water partition coefficient (Wildman–Crippen LogP) is 2.80. The van der Waals surface area contributed by atoms with Gasteiger partial charge in [-0.1, -0.05) is 24.3 Å². The van der Waals surface area contributed by atoms with E-state index in [2.05, 4.69) is 5.32 Å². The van der Waals surface area contributed by atoms with E-state index < -0.39 is 17.8 Å². The fourth-order valence-corrected chi connectivity index (χ4v) is 3.13. The maximum Gasteiger partial charge on any atom is 0.253 e. The summed E-state index contributed by atoms with van der Waals surface area (Å²) in [5.74, 6) is -0.947. The maximum absolute atomic E-state index is 12.9. The smallest absolute Gasteiger partial charge is 0.253 e. The first-order chi connectivity index (χ1) is 13.0. The van der Waals surface area contributed by atoms with Gasteiger partial charge in [0, 0.05) is 25.2 Å². The second-order valence-electron chi connectivity index (χ2n) is 6.72. The average molecular weight is 370 g/mol. The van der Waals surface area contributed by atoms with E-state index in [1.165, 1.54) is 30.7 Å². The Labute approximate surface area is 157 Å². The van der Waals surface area contributed by atoms with Crippen molar-refractivity contribution in [3.8, 4) is 0 Å². The molecule has 2 N–H and O–H groups in total. The van der Waals surface area contributed by atoms with Crippen LogP contribution in [0.4, 0.5) is 4.39 Å². The number of carbonyl (C=O) groups is 2. The van der Waals surface area contributed by atoms with E-state index >= 15 is 0 Å². The molecule has 27 heavy (non-hydrogen) atoms. The average Bonchev–Trinajstić information content (AvgIpc) is 2.72. The number of nitrogens with one attached hydrogen (secondary N) is 1. The Bertz CT molecular complexity index is 784. The van der Waals surface area contributed by atoms with Crippen molar-refractivity contribution in [1.29, 1.82) is 0 Å². The maximum atomic E-state index is 12.9. The fourth-order valence-electron chi connectivity index (χ4n) is 3.13. The molecule has 3 rings (SSSR count). The first-order valence-electron chi connectivity index (χ1n) is 9.14. The molecule has 0 bridgehead atoms. The van der Waals surface area contributed by atoms with Crippen LogP contribution < -0.4 is 5.32 Å². The van der Waals surface area contributed by atoms with Gasteiger partial charge in [0.1, 0.15) is 5.82 Å². The number of rotatable bonds is 5. The lowest BCUT2D eigenvalue weighted by Gasteiger charge is -2.26. The zero-order valence-electron chi connectivity index (χ0n) is 15.0. The number of nitrogens with zero attached hydrogens (tertiary/aromatic N) is 1. The third kappa shape index (κ3) is 4.92. The Morgan fingerprint density at radius 2 is 1.63 bits per heavy atom. The lowest BCUT2D eigenvalue weighted by molar-refractivity contribution is -0.129. The van der Waals surface area contributed by atoms with Crippen molar-refractivity contribution >= 4 is 11.8 Å². The SMILES string of the molecule is O=C(NCc1ccc(C(=O)N2CCCCC2)cc1)C(O)c1ccc(F)cc1. The lowest BCUT2D eigenvalue weighted by atomic mass is 10.1. The van der Waals surface area contributed by atoms with Gasteiger partial charge >= 0.3 is 0 Å². The second kappa shape index (κ2) is 8.77. The number of hydrogen-bond acceptors (Lipinski definition) is 3. The minimum atomic E-state index is -1.36. The van der Waals surface area contributed by atoms with Crippen LogP contribution in [0.5, 0.6) is 0 Å². The number of aliphatic hydroxyl groups is 1. The van der Waals surface area contributed by atoms with Crippen LogP contribution in [0.2, 0.25) is 0 Å². The van der Waals surface area contributed by atoms with Gasteiger partial charge in [-0.25, -0.2) is 4.39 Å². The number of amides is 2. The van der Waals surface area contributed by atoms with Crippen LogP contribution in [-0.2, 0) is 11.3 Å². The van der Waals surface area contributed by atoms with Gasteiger partial charge in [0.25, 0.3) is 11.8 Å². The molecule has 1 atom stereocenters. The molecule has 0 saturated carbocycles. The summed E-state index contributed by atoms with van der Waals surface area (Å²) in [5, 5.41) is 12.7. The zero-order valence-corrected chi connectivity index (χ0v) is 15.0. The lowest BCUT2D eigenvalue weighted by Crippen LogP contribution is -2.35. The largest absolute Gasteiger partial charge is 0.378 e. The van der Waals surface area contributed by atoms with Gasteiger partial charge in [-0.15, -0.1) is 0 Å². The first kappa shape index (κ1) is 19.0. The minimum Gasteiger partial charge on any atom is -0.378 e. The molecule has 1 unspecified atom stereocenters. The van der Waals surface area contributed by atoms with E-state index in [0.717, 1.165) is 31.5 Å². The normalized spacial score (nSPS) is 15.3. The Kier molecular flexibility index (Phi) is 6.19. The van der Waals surface area contributed by atoms with E-state index in [-0.39, 0.29) is 12.5 Å². The number of carbonyl (C=O) groups excluding carboxylic acids is 2. The number of halogens is 1. The molecule has 0 spiro atoms. The minimum absolute atomic E-state index is 0.0389. The third-order valence-corrected chi connectivity index (χ3v) is 4.74. The zero-order chi connectivity index (χ0) is 19.2. The summed E-state index contributed by atoms with van der Waals surface area (Å²) in [6.45, 7) is 1.84. The molecule has 2 amide bonds. The molecule has 0 aliphatic carbocycles. The molecular weight excluding hydrogens is 347 g/mol. The molecule has 2 aromatic carbocycles. The standard InChI is InChI=1S/C21H23FN2O3/c22-18-10-8-16(9-11-18)19(25)20(26)23-14-15-4-6-17(7-5-15)21(27)24-12-2-1-3-13-24/h4-11,19,25H,1-3,12-14H2,(H,23,26). The van der Waals surface area contributed by atoms with Gasteiger partial charge in [0.2, 0.25) is 0 Å². The number of hydrogen-bond donors (Lipinski definition) is 2. The number of benzene rings is 2. The molecule has 142 valence electrons. The molecule has 0 radical (unpaired) electrons. The molecule has 5 nitrogen and oxygen atoms in total. The summed E-state index contributed by atoms with van der Waals surface area (Å²) in [5.41, 5.74) is 1.79. The number of aliphatic hydroxyl groups excluding tert-OH is 1. The Morgan fingerprint density at radius 1 is 1.00 bits per heavy atom. The molecule has 2 aromatic rings. The number of likely N-dealkylation sites (tertiary alicyclic amines) is 1. The van der Waals surface area contributed by atoms with E-state index in [1.54, 1.807) is 24.3 Å². The molecular formula is C21H23FN2O3. The highest BCUT2D eigenvalue weighted by Crippen LogP contribution is 2.15. The molecule has 6 heteroatoms. The quantitative estimate of drug-likeness (QED) is 0.850. The van der Waals surface area contributed by atoms with E-state index in [4.69, 9.17) is 0 Å². The summed E-state index contributed by atoms with van der Waals surface area (Å²) in [6.07, 6.45) is 1.91. The highest BCUT2D eigenvalue weighted by Gasteiger charge is 2.19. The van der Waals surface area contributed by atoms with Gasteiger partial charge < -0.3 is 15.3 Å². The van der Waals surface area contributed by atoms with Crippen LogP contribution >= 0.6 is 0 Å². The van der Waals surface area contributed by atoms with Gasteiger partial charge in [-0.05, 0) is 54.7 Å². The van der Waals surface area contributed by atoms with E-state index in [1.807, 2.05) is 4.90 Å². The van der Waals surface area contributed by atoms with E-state index in [0.29, 0.717) is 11.1 Å². The Morgan fingerprint density at radius 3 is 2.26 bits per heavy atom. The number of piperidine rings is 1. The summed E-state index contributed by atoms with van der Waals surface area (Å²) >= 11 is 0. The van der Waals surface area contributed by atoms with Crippen molar-refractivity contribution in [2.24, 2.45) is 0 Å². The Balaban J connectivity index is 1.54. The molecule has 1 saturated heterocycles. The molecule has 1 heterocycles. The van der Waals surface area contributed by atoms with Gasteiger partial charge in [0.15, 0.2) is 6.10 Å². The van der Waals surface area contributed by atoms with Crippen molar-refractivity contribution in [1.82, 2.24) is 10.2 Å². The van der Waals surface area contributed by atoms with Gasteiger partial charge in [-0.2, -0.15) is 0 Å². The van der Waals surface area contributed by atoms with Crippen molar-refractivity contribution in [2.45, 2.75) is 31.9 Å². The van der Waals surface area contributed by atoms with Crippen LogP contribution in [0.3, 0.4) is 0 Å². The second-order valence-corrected chi connectivity index (χ2v) is 6.72. The van der Waals surface area contributed by atoms with Gasteiger partial charge in [0.05, 0.1) is 0 Å². The highest BCUT2D eigenvalue weighted by atomic mass is 19.1. The van der Waals surface area contributed by atoms with Gasteiger partial charge in [-0.3, -0.25) is 9.59 Å². The summed E-state index contributed by atoms with van der Waals surface area (Å²) in [4.78, 5) is 26.4. The van der Waals surface area contributed by atoms with Crippen molar-refractivity contribution in [3.63, 3.8) is 0 Å². The molecule has 1 aliphatic heterocycles. The fraction of sp³-hybridized carbons (Fsp3) is 0.333. The van der Waals surface area contributed by atoms with Crippen molar-refractivity contribution in [2.75, 3.05) is 13.1 Å². The van der Waals surface area contributed by atoms with Crippen LogP contribution in [-0.4, -0.2) is 34.9 Å². The highest BCUT2D eigenvalue weighted by molar-refractivity contribution is 5.94. The molecule has 1 aliphatic rings. The van der Waals surface area contributed by atoms with Crippen LogP contribution in [0.25, 0.3) is 0 Å². The monoisotopic (exact) mass is 370 g/mol. The van der Waals surface area contributed by atoms with Crippen molar-refractivity contribution in [3.05, 3.63) is 71.0 Å². The Hall–Kier alpha value is -2.73. The van der Waals surface area contributed by atoms with Crippen molar-refractivity contribution < 1.29 is 19.1 Å². The van der Waals surface area contributed by atoms with Crippen LogP contribution in [0.15, 0.2) is 48.5 Å². The molecule has 1 fully saturated rings. The van der Waals surface area contributed by atoms with E-state index in [9.17, 15) is 19.1 Å². The third-order valence-electron chi connectivity index (χ3n) is 4.74.